The summed E-state index contributed by atoms with van der Waals surface area (Å²) in [5.74, 6) is -0.168. The topological polar surface area (TPSA) is 38.7 Å². The van der Waals surface area contributed by atoms with Gasteiger partial charge in [-0.15, -0.1) is 0 Å². The molecular weight excluding hydrogens is 271 g/mol. The Labute approximate surface area is 126 Å². The molecule has 1 saturated carbocycles. The van der Waals surface area contributed by atoms with Gasteiger partial charge in [0.15, 0.2) is 11.6 Å². The molecule has 4 heteroatoms. The molecule has 1 aromatic rings. The fourth-order valence-corrected chi connectivity index (χ4v) is 3.25. The molecule has 1 aliphatic rings. The van der Waals surface area contributed by atoms with E-state index < -0.39 is 17.5 Å². The monoisotopic (exact) mass is 296 g/mol. The molecule has 118 valence electrons. The van der Waals surface area contributed by atoms with Crippen molar-refractivity contribution in [3.05, 3.63) is 29.6 Å². The minimum Gasteiger partial charge on any atom is -0.494 e. The highest BCUT2D eigenvalue weighted by Crippen LogP contribution is 2.34. The van der Waals surface area contributed by atoms with Gasteiger partial charge < -0.3 is 14.6 Å². The molecular formula is C17H25FO3. The lowest BCUT2D eigenvalue weighted by Crippen LogP contribution is -2.45. The van der Waals surface area contributed by atoms with E-state index in [1.54, 1.807) is 19.2 Å². The SMILES string of the molecule is COc1ccc(CC(O)C2(OC)CCCCCC2)cc1F. The van der Waals surface area contributed by atoms with E-state index in [4.69, 9.17) is 9.47 Å². The maximum Gasteiger partial charge on any atom is 0.165 e. The van der Waals surface area contributed by atoms with E-state index in [-0.39, 0.29) is 5.75 Å². The summed E-state index contributed by atoms with van der Waals surface area (Å²) in [6.45, 7) is 0. The van der Waals surface area contributed by atoms with Crippen LogP contribution in [0.1, 0.15) is 44.1 Å². The van der Waals surface area contributed by atoms with E-state index in [2.05, 4.69) is 0 Å². The Balaban J connectivity index is 2.11. The first kappa shape index (κ1) is 16.2. The summed E-state index contributed by atoms with van der Waals surface area (Å²) in [5, 5.41) is 10.6. The summed E-state index contributed by atoms with van der Waals surface area (Å²) >= 11 is 0. The number of benzene rings is 1. The van der Waals surface area contributed by atoms with Crippen LogP contribution in [0.5, 0.6) is 5.75 Å². The zero-order valence-corrected chi connectivity index (χ0v) is 12.9. The van der Waals surface area contributed by atoms with Crippen LogP contribution in [0.2, 0.25) is 0 Å². The van der Waals surface area contributed by atoms with Crippen molar-refractivity contribution < 1.29 is 19.0 Å². The number of aliphatic hydroxyl groups excluding tert-OH is 1. The van der Waals surface area contributed by atoms with Crippen LogP contribution in [-0.4, -0.2) is 31.0 Å². The molecule has 0 aromatic heterocycles. The maximum absolute atomic E-state index is 13.7. The van der Waals surface area contributed by atoms with E-state index in [0.717, 1.165) is 31.2 Å². The number of methoxy groups -OCH3 is 2. The van der Waals surface area contributed by atoms with Crippen LogP contribution >= 0.6 is 0 Å². The molecule has 1 aliphatic carbocycles. The normalized spacial score (nSPS) is 19.8. The fourth-order valence-electron chi connectivity index (χ4n) is 3.25. The molecule has 3 nitrogen and oxygen atoms in total. The predicted molar refractivity (Wildman–Crippen MR) is 80.1 cm³/mol. The molecule has 0 radical (unpaired) electrons. The number of hydrogen-bond donors (Lipinski definition) is 1. The maximum atomic E-state index is 13.7. The third-order valence-corrected chi connectivity index (χ3v) is 4.61. The summed E-state index contributed by atoms with van der Waals surface area (Å²) in [6, 6.07) is 4.83. The van der Waals surface area contributed by atoms with Crippen molar-refractivity contribution in [3.63, 3.8) is 0 Å². The zero-order valence-electron chi connectivity index (χ0n) is 12.9. The van der Waals surface area contributed by atoms with Crippen molar-refractivity contribution in [2.45, 2.75) is 56.7 Å². The molecule has 0 heterocycles. The summed E-state index contributed by atoms with van der Waals surface area (Å²) in [6.07, 6.45) is 6.03. The minimum absolute atomic E-state index is 0.226. The predicted octanol–water partition coefficient (Wildman–Crippen LogP) is 3.48. The van der Waals surface area contributed by atoms with E-state index in [1.807, 2.05) is 0 Å². The Morgan fingerprint density at radius 3 is 2.38 bits per heavy atom. The molecule has 21 heavy (non-hydrogen) atoms. The molecule has 1 N–H and O–H groups in total. The number of halogens is 1. The number of hydrogen-bond acceptors (Lipinski definition) is 3. The van der Waals surface area contributed by atoms with Crippen molar-refractivity contribution in [1.82, 2.24) is 0 Å². The number of rotatable bonds is 5. The van der Waals surface area contributed by atoms with Gasteiger partial charge in [0.2, 0.25) is 0 Å². The standard InChI is InChI=1S/C17H25FO3/c1-20-15-8-7-13(11-14(15)18)12-16(19)17(21-2)9-5-3-4-6-10-17/h7-8,11,16,19H,3-6,9-10,12H2,1-2H3. The third-order valence-electron chi connectivity index (χ3n) is 4.61. The second-order valence-corrected chi connectivity index (χ2v) is 5.87. The highest BCUT2D eigenvalue weighted by Gasteiger charge is 2.38. The highest BCUT2D eigenvalue weighted by atomic mass is 19.1. The summed E-state index contributed by atoms with van der Waals surface area (Å²) in [7, 11) is 3.11. The highest BCUT2D eigenvalue weighted by molar-refractivity contribution is 5.29. The zero-order chi connectivity index (χ0) is 15.3. The van der Waals surface area contributed by atoms with Gasteiger partial charge in [-0.25, -0.2) is 4.39 Å². The van der Waals surface area contributed by atoms with Gasteiger partial charge in [-0.1, -0.05) is 31.7 Å². The third kappa shape index (κ3) is 3.74. The van der Waals surface area contributed by atoms with E-state index >= 15 is 0 Å². The first-order valence-corrected chi connectivity index (χ1v) is 7.67. The molecule has 1 unspecified atom stereocenters. The van der Waals surface area contributed by atoms with Crippen molar-refractivity contribution >= 4 is 0 Å². The fraction of sp³-hybridized carbons (Fsp3) is 0.647. The van der Waals surface area contributed by atoms with Crippen LogP contribution < -0.4 is 4.74 Å². The molecule has 0 aliphatic heterocycles. The van der Waals surface area contributed by atoms with E-state index in [9.17, 15) is 9.50 Å². The smallest absolute Gasteiger partial charge is 0.165 e. The Hall–Kier alpha value is -1.13. The van der Waals surface area contributed by atoms with Gasteiger partial charge in [-0.3, -0.25) is 0 Å². The molecule has 0 saturated heterocycles. The second kappa shape index (κ2) is 7.23. The number of aliphatic hydroxyl groups is 1. The van der Waals surface area contributed by atoms with E-state index in [0.29, 0.717) is 6.42 Å². The molecule has 0 spiro atoms. The first-order valence-electron chi connectivity index (χ1n) is 7.67. The molecule has 1 atom stereocenters. The van der Waals surface area contributed by atoms with Crippen LogP contribution in [0.4, 0.5) is 4.39 Å². The molecule has 2 rings (SSSR count). The summed E-state index contributed by atoms with van der Waals surface area (Å²) < 4.78 is 24.4. The quantitative estimate of drug-likeness (QED) is 0.846. The van der Waals surface area contributed by atoms with Crippen molar-refractivity contribution in [2.24, 2.45) is 0 Å². The van der Waals surface area contributed by atoms with Crippen LogP contribution in [0, 0.1) is 5.82 Å². The lowest BCUT2D eigenvalue weighted by molar-refractivity contribution is -0.111. The lowest BCUT2D eigenvalue weighted by atomic mass is 9.85. The van der Waals surface area contributed by atoms with Gasteiger partial charge in [0.25, 0.3) is 0 Å². The molecule has 1 fully saturated rings. The Morgan fingerprint density at radius 2 is 1.86 bits per heavy atom. The molecule has 0 amide bonds. The van der Waals surface area contributed by atoms with Gasteiger partial charge in [0.1, 0.15) is 0 Å². The second-order valence-electron chi connectivity index (χ2n) is 5.87. The largest absolute Gasteiger partial charge is 0.494 e. The van der Waals surface area contributed by atoms with Gasteiger partial charge >= 0.3 is 0 Å². The summed E-state index contributed by atoms with van der Waals surface area (Å²) in [5.41, 5.74) is 0.272. The van der Waals surface area contributed by atoms with Crippen LogP contribution in [0.25, 0.3) is 0 Å². The Morgan fingerprint density at radius 1 is 1.19 bits per heavy atom. The average molecular weight is 296 g/mol. The van der Waals surface area contributed by atoms with Crippen LogP contribution in [0.15, 0.2) is 18.2 Å². The van der Waals surface area contributed by atoms with Crippen LogP contribution in [-0.2, 0) is 11.2 Å². The van der Waals surface area contributed by atoms with Crippen molar-refractivity contribution in [1.29, 1.82) is 0 Å². The van der Waals surface area contributed by atoms with E-state index in [1.165, 1.54) is 26.0 Å². The number of ether oxygens (including phenoxy) is 2. The van der Waals surface area contributed by atoms with Crippen molar-refractivity contribution in [2.75, 3.05) is 14.2 Å². The summed E-state index contributed by atoms with van der Waals surface area (Å²) in [4.78, 5) is 0. The van der Waals surface area contributed by atoms with Crippen LogP contribution in [0.3, 0.4) is 0 Å². The molecule has 1 aromatic carbocycles. The van der Waals surface area contributed by atoms with Gasteiger partial charge in [-0.05, 0) is 30.5 Å². The first-order chi connectivity index (χ1) is 10.1. The lowest BCUT2D eigenvalue weighted by Gasteiger charge is -2.36. The molecule has 0 bridgehead atoms. The average Bonchev–Trinajstić information content (AvgIpc) is 2.74. The van der Waals surface area contributed by atoms with Gasteiger partial charge in [0.05, 0.1) is 18.8 Å². The van der Waals surface area contributed by atoms with Gasteiger partial charge in [0, 0.05) is 13.5 Å². The Bertz CT molecular complexity index is 453. The van der Waals surface area contributed by atoms with Crippen molar-refractivity contribution in [3.8, 4) is 5.75 Å². The van der Waals surface area contributed by atoms with Gasteiger partial charge in [-0.2, -0.15) is 0 Å². The minimum atomic E-state index is -0.617. The Kier molecular flexibility index (Phi) is 5.59.